The van der Waals surface area contributed by atoms with Crippen molar-refractivity contribution in [3.8, 4) is 11.5 Å². The molecule has 8 heteroatoms. The van der Waals surface area contributed by atoms with Gasteiger partial charge in [-0.05, 0) is 54.3 Å². The number of aryl methyl sites for hydroxylation is 1. The Balaban J connectivity index is 1.67. The third-order valence-electron chi connectivity index (χ3n) is 6.52. The number of aliphatic hydroxyl groups is 1. The minimum absolute atomic E-state index is 0.0173. The summed E-state index contributed by atoms with van der Waals surface area (Å²) in [6, 6.07) is 19.3. The Labute approximate surface area is 225 Å². The molecule has 1 aliphatic rings. The Morgan fingerprint density at radius 1 is 1.03 bits per heavy atom. The van der Waals surface area contributed by atoms with Gasteiger partial charge in [0.15, 0.2) is 5.13 Å². The predicted molar refractivity (Wildman–Crippen MR) is 149 cm³/mol. The molecule has 0 bridgehead atoms. The maximum Gasteiger partial charge on any atom is 0.301 e. The van der Waals surface area contributed by atoms with Gasteiger partial charge in [-0.3, -0.25) is 14.5 Å². The lowest BCUT2D eigenvalue weighted by molar-refractivity contribution is -0.132. The summed E-state index contributed by atoms with van der Waals surface area (Å²) in [7, 11) is 1.59. The molecule has 0 saturated carbocycles. The van der Waals surface area contributed by atoms with Crippen LogP contribution in [0.5, 0.6) is 11.5 Å². The summed E-state index contributed by atoms with van der Waals surface area (Å²) in [5, 5.41) is 11.8. The molecule has 1 aliphatic heterocycles. The standard InChI is InChI=1S/C30H28N2O5S/c1-4-15-37-22-8-6-7-20(16-22)27(33)25-26(19-11-9-18(5-2)10-12-19)32(29(35)28(25)34)30-31-23-14-13-21(36-3)17-24(23)38-30/h6-14,16-17,26,33H,4-5,15H2,1-3H3. The number of hydrogen-bond acceptors (Lipinski definition) is 7. The van der Waals surface area contributed by atoms with Crippen molar-refractivity contribution in [3.63, 3.8) is 0 Å². The number of rotatable bonds is 8. The molecule has 1 atom stereocenters. The number of ether oxygens (including phenoxy) is 2. The Morgan fingerprint density at radius 3 is 2.53 bits per heavy atom. The van der Waals surface area contributed by atoms with Crippen molar-refractivity contribution in [1.82, 2.24) is 4.98 Å². The zero-order valence-corrected chi connectivity index (χ0v) is 22.2. The van der Waals surface area contributed by atoms with Crippen LogP contribution in [0.2, 0.25) is 0 Å². The molecule has 1 amide bonds. The fraction of sp³-hybridized carbons (Fsp3) is 0.233. The second-order valence-corrected chi connectivity index (χ2v) is 9.98. The largest absolute Gasteiger partial charge is 0.507 e. The fourth-order valence-electron chi connectivity index (χ4n) is 4.51. The van der Waals surface area contributed by atoms with E-state index < -0.39 is 17.7 Å². The van der Waals surface area contributed by atoms with Crippen LogP contribution in [0.25, 0.3) is 16.0 Å². The molecule has 194 valence electrons. The summed E-state index contributed by atoms with van der Waals surface area (Å²) >= 11 is 1.29. The average molecular weight is 529 g/mol. The summed E-state index contributed by atoms with van der Waals surface area (Å²) in [4.78, 5) is 33.1. The molecule has 4 aromatic rings. The minimum Gasteiger partial charge on any atom is -0.507 e. The number of thiazole rings is 1. The van der Waals surface area contributed by atoms with Gasteiger partial charge < -0.3 is 14.6 Å². The van der Waals surface area contributed by atoms with E-state index in [4.69, 9.17) is 9.47 Å². The average Bonchev–Trinajstić information content (AvgIpc) is 3.49. The van der Waals surface area contributed by atoms with E-state index in [0.29, 0.717) is 39.9 Å². The van der Waals surface area contributed by atoms with Crippen molar-refractivity contribution in [2.75, 3.05) is 18.6 Å². The molecule has 1 aromatic heterocycles. The van der Waals surface area contributed by atoms with Crippen LogP contribution in [0.15, 0.2) is 72.3 Å². The number of carbonyl (C=O) groups excluding carboxylic acids is 2. The lowest BCUT2D eigenvalue weighted by Gasteiger charge is -2.23. The molecule has 3 aromatic carbocycles. The maximum atomic E-state index is 13.5. The van der Waals surface area contributed by atoms with Crippen molar-refractivity contribution in [2.24, 2.45) is 0 Å². The second-order valence-electron chi connectivity index (χ2n) is 8.97. The normalized spacial score (nSPS) is 16.8. The fourth-order valence-corrected chi connectivity index (χ4v) is 5.53. The number of hydrogen-bond donors (Lipinski definition) is 1. The van der Waals surface area contributed by atoms with Crippen LogP contribution in [-0.2, 0) is 16.0 Å². The van der Waals surface area contributed by atoms with Crippen molar-refractivity contribution < 1.29 is 24.2 Å². The van der Waals surface area contributed by atoms with Crippen molar-refractivity contribution >= 4 is 44.1 Å². The highest BCUT2D eigenvalue weighted by Crippen LogP contribution is 2.44. The lowest BCUT2D eigenvalue weighted by Crippen LogP contribution is -2.29. The van der Waals surface area contributed by atoms with E-state index >= 15 is 0 Å². The van der Waals surface area contributed by atoms with Gasteiger partial charge in [0, 0.05) is 5.56 Å². The summed E-state index contributed by atoms with van der Waals surface area (Å²) in [5.41, 5.74) is 2.94. The smallest absolute Gasteiger partial charge is 0.301 e. The van der Waals surface area contributed by atoms with E-state index in [1.165, 1.54) is 16.2 Å². The summed E-state index contributed by atoms with van der Waals surface area (Å²) in [6.45, 7) is 4.60. The molecule has 1 fully saturated rings. The molecule has 0 aliphatic carbocycles. The minimum atomic E-state index is -0.844. The summed E-state index contributed by atoms with van der Waals surface area (Å²) in [6.07, 6.45) is 1.69. The van der Waals surface area contributed by atoms with Crippen molar-refractivity contribution in [2.45, 2.75) is 32.7 Å². The highest BCUT2D eigenvalue weighted by atomic mass is 32.1. The van der Waals surface area contributed by atoms with Gasteiger partial charge in [-0.1, -0.05) is 61.6 Å². The first kappa shape index (κ1) is 25.5. The van der Waals surface area contributed by atoms with Crippen LogP contribution >= 0.6 is 11.3 Å². The second kappa shape index (κ2) is 10.7. The molecular formula is C30H28N2O5S. The van der Waals surface area contributed by atoms with Crippen molar-refractivity contribution in [1.29, 1.82) is 0 Å². The number of aliphatic hydroxyl groups excluding tert-OH is 1. The quantitative estimate of drug-likeness (QED) is 0.164. The Hall–Kier alpha value is -4.17. The highest BCUT2D eigenvalue weighted by molar-refractivity contribution is 7.22. The molecule has 1 unspecified atom stereocenters. The van der Waals surface area contributed by atoms with Crippen LogP contribution in [0.1, 0.15) is 43.0 Å². The van der Waals surface area contributed by atoms with Gasteiger partial charge >= 0.3 is 5.91 Å². The van der Waals surface area contributed by atoms with E-state index in [1.54, 1.807) is 37.4 Å². The number of ketones is 1. The Bertz CT molecular complexity index is 1540. The molecule has 7 nitrogen and oxygen atoms in total. The number of benzene rings is 3. The van der Waals surface area contributed by atoms with E-state index in [1.807, 2.05) is 43.3 Å². The predicted octanol–water partition coefficient (Wildman–Crippen LogP) is 6.28. The number of carbonyl (C=O) groups is 2. The van der Waals surface area contributed by atoms with Crippen LogP contribution in [0.4, 0.5) is 5.13 Å². The number of nitrogens with zero attached hydrogens (tertiary/aromatic N) is 2. The zero-order chi connectivity index (χ0) is 26.8. The number of Topliss-reactive ketones (excluding diaryl/α,β-unsaturated/α-hetero) is 1. The molecule has 1 saturated heterocycles. The van der Waals surface area contributed by atoms with Gasteiger partial charge in [-0.15, -0.1) is 0 Å². The molecule has 0 radical (unpaired) electrons. The number of anilines is 1. The third kappa shape index (κ3) is 4.63. The molecular weight excluding hydrogens is 500 g/mol. The number of fused-ring (bicyclic) bond motifs is 1. The van der Waals surface area contributed by atoms with Crippen LogP contribution in [0, 0.1) is 0 Å². The van der Waals surface area contributed by atoms with Gasteiger partial charge in [-0.25, -0.2) is 4.98 Å². The van der Waals surface area contributed by atoms with Crippen molar-refractivity contribution in [3.05, 3.63) is 89.0 Å². The highest BCUT2D eigenvalue weighted by Gasteiger charge is 2.48. The maximum absolute atomic E-state index is 13.5. The number of amides is 1. The van der Waals surface area contributed by atoms with Crippen LogP contribution in [-0.4, -0.2) is 35.5 Å². The molecule has 5 rings (SSSR count). The van der Waals surface area contributed by atoms with Crippen LogP contribution in [0.3, 0.4) is 0 Å². The summed E-state index contributed by atoms with van der Waals surface area (Å²) < 4.78 is 11.9. The Kier molecular flexibility index (Phi) is 7.15. The molecule has 38 heavy (non-hydrogen) atoms. The van der Waals surface area contributed by atoms with Crippen LogP contribution < -0.4 is 14.4 Å². The van der Waals surface area contributed by atoms with E-state index in [9.17, 15) is 14.7 Å². The Morgan fingerprint density at radius 2 is 1.82 bits per heavy atom. The topological polar surface area (TPSA) is 89.0 Å². The molecule has 2 heterocycles. The SMILES string of the molecule is CCCOc1cccc(C(O)=C2C(=O)C(=O)N(c3nc4ccc(OC)cc4s3)C2c2ccc(CC)cc2)c1. The first-order valence-corrected chi connectivity index (χ1v) is 13.3. The van der Waals surface area contributed by atoms with Gasteiger partial charge in [0.2, 0.25) is 0 Å². The van der Waals surface area contributed by atoms with Gasteiger partial charge in [-0.2, -0.15) is 0 Å². The molecule has 0 spiro atoms. The lowest BCUT2D eigenvalue weighted by atomic mass is 9.94. The number of aromatic nitrogens is 1. The van der Waals surface area contributed by atoms with Gasteiger partial charge in [0.25, 0.3) is 5.78 Å². The van der Waals surface area contributed by atoms with E-state index in [0.717, 1.165) is 23.1 Å². The van der Waals surface area contributed by atoms with E-state index in [-0.39, 0.29) is 11.3 Å². The van der Waals surface area contributed by atoms with Gasteiger partial charge in [0.1, 0.15) is 17.3 Å². The van der Waals surface area contributed by atoms with E-state index in [2.05, 4.69) is 11.9 Å². The zero-order valence-electron chi connectivity index (χ0n) is 21.4. The summed E-state index contributed by atoms with van der Waals surface area (Å²) in [5.74, 6) is -0.495. The monoisotopic (exact) mass is 528 g/mol. The first-order valence-electron chi connectivity index (χ1n) is 12.5. The van der Waals surface area contributed by atoms with Gasteiger partial charge in [0.05, 0.1) is 35.5 Å². The molecule has 1 N–H and O–H groups in total. The first-order chi connectivity index (χ1) is 18.4. The number of methoxy groups -OCH3 is 1. The third-order valence-corrected chi connectivity index (χ3v) is 7.54.